The second-order valence-electron chi connectivity index (χ2n) is 4.71. The number of nitrogens with zero attached hydrogens (tertiary/aromatic N) is 2. The van der Waals surface area contributed by atoms with E-state index in [2.05, 4.69) is 20.2 Å². The summed E-state index contributed by atoms with van der Waals surface area (Å²) in [4.78, 5) is 15.8. The van der Waals surface area contributed by atoms with Crippen molar-refractivity contribution in [1.29, 1.82) is 0 Å². The van der Waals surface area contributed by atoms with Crippen LogP contribution < -0.4 is 5.32 Å². The number of hydrogen-bond acceptors (Lipinski definition) is 6. The number of carbonyl (C=O) groups is 1. The molecule has 0 amide bonds. The minimum Gasteiger partial charge on any atom is -0.465 e. The summed E-state index contributed by atoms with van der Waals surface area (Å²) in [5.41, 5.74) is 1.32. The van der Waals surface area contributed by atoms with Gasteiger partial charge >= 0.3 is 5.97 Å². The second-order valence-corrected chi connectivity index (χ2v) is 4.71. The van der Waals surface area contributed by atoms with Gasteiger partial charge in [0.2, 0.25) is 11.7 Å². The maximum absolute atomic E-state index is 11.4. The van der Waals surface area contributed by atoms with Crippen molar-refractivity contribution in [2.24, 2.45) is 0 Å². The van der Waals surface area contributed by atoms with E-state index in [1.54, 1.807) is 24.3 Å². The van der Waals surface area contributed by atoms with Crippen LogP contribution in [-0.4, -0.2) is 36.3 Å². The van der Waals surface area contributed by atoms with Crippen LogP contribution in [0.5, 0.6) is 0 Å². The van der Waals surface area contributed by atoms with E-state index in [4.69, 9.17) is 4.52 Å². The molecule has 1 aliphatic heterocycles. The topological polar surface area (TPSA) is 77.2 Å². The number of ether oxygens (including phenoxy) is 1. The lowest BCUT2D eigenvalue weighted by Crippen LogP contribution is -2.08. The number of rotatable bonds is 3. The highest BCUT2D eigenvalue weighted by molar-refractivity contribution is 5.89. The van der Waals surface area contributed by atoms with Crippen molar-refractivity contribution in [1.82, 2.24) is 15.5 Å². The molecule has 6 nitrogen and oxygen atoms in total. The van der Waals surface area contributed by atoms with Gasteiger partial charge in [-0.25, -0.2) is 4.79 Å². The average Bonchev–Trinajstić information content (AvgIpc) is 3.17. The SMILES string of the molecule is COC(=O)c1ccc(-c2noc([C@@H]3CCNC3)n2)cc1.Cl. The van der Waals surface area contributed by atoms with Crippen LogP contribution in [0.3, 0.4) is 0 Å². The van der Waals surface area contributed by atoms with Gasteiger partial charge in [-0.3, -0.25) is 0 Å². The molecule has 1 fully saturated rings. The predicted octanol–water partition coefficient (Wildman–Crippen LogP) is 2.02. The van der Waals surface area contributed by atoms with Gasteiger partial charge in [0.1, 0.15) is 0 Å². The van der Waals surface area contributed by atoms with E-state index in [1.165, 1.54) is 7.11 Å². The largest absolute Gasteiger partial charge is 0.465 e. The molecule has 1 N–H and O–H groups in total. The van der Waals surface area contributed by atoms with Crippen LogP contribution in [0.1, 0.15) is 28.6 Å². The lowest BCUT2D eigenvalue weighted by Gasteiger charge is -2.00. The summed E-state index contributed by atoms with van der Waals surface area (Å²) in [6.07, 6.45) is 1.02. The van der Waals surface area contributed by atoms with Crippen molar-refractivity contribution in [2.45, 2.75) is 12.3 Å². The monoisotopic (exact) mass is 309 g/mol. The molecule has 1 aromatic heterocycles. The molecule has 2 aromatic rings. The lowest BCUT2D eigenvalue weighted by molar-refractivity contribution is 0.0601. The van der Waals surface area contributed by atoms with E-state index in [0.717, 1.165) is 25.1 Å². The fourth-order valence-electron chi connectivity index (χ4n) is 2.26. The number of benzene rings is 1. The summed E-state index contributed by atoms with van der Waals surface area (Å²) < 4.78 is 9.97. The molecule has 2 heterocycles. The third-order valence-electron chi connectivity index (χ3n) is 3.42. The fourth-order valence-corrected chi connectivity index (χ4v) is 2.26. The van der Waals surface area contributed by atoms with E-state index in [0.29, 0.717) is 23.2 Å². The Morgan fingerprint density at radius 3 is 2.76 bits per heavy atom. The van der Waals surface area contributed by atoms with Crippen LogP contribution in [0.15, 0.2) is 28.8 Å². The Morgan fingerprint density at radius 2 is 2.14 bits per heavy atom. The minimum atomic E-state index is -0.359. The quantitative estimate of drug-likeness (QED) is 0.874. The summed E-state index contributed by atoms with van der Waals surface area (Å²) >= 11 is 0. The van der Waals surface area contributed by atoms with Crippen LogP contribution in [0, 0.1) is 0 Å². The summed E-state index contributed by atoms with van der Waals surface area (Å²) in [6, 6.07) is 6.95. The van der Waals surface area contributed by atoms with Crippen molar-refractivity contribution >= 4 is 18.4 Å². The van der Waals surface area contributed by atoms with Gasteiger partial charge in [-0.15, -0.1) is 12.4 Å². The molecule has 7 heteroatoms. The zero-order chi connectivity index (χ0) is 13.9. The molecule has 21 heavy (non-hydrogen) atoms. The van der Waals surface area contributed by atoms with Gasteiger partial charge in [0.25, 0.3) is 0 Å². The predicted molar refractivity (Wildman–Crippen MR) is 78.5 cm³/mol. The highest BCUT2D eigenvalue weighted by Gasteiger charge is 2.23. The Labute approximate surface area is 128 Å². The maximum Gasteiger partial charge on any atom is 0.337 e. The molecule has 0 bridgehead atoms. The third kappa shape index (κ3) is 3.22. The number of esters is 1. The van der Waals surface area contributed by atoms with Crippen LogP contribution in [0.2, 0.25) is 0 Å². The zero-order valence-electron chi connectivity index (χ0n) is 11.5. The van der Waals surface area contributed by atoms with Crippen molar-refractivity contribution < 1.29 is 14.1 Å². The minimum absolute atomic E-state index is 0. The van der Waals surface area contributed by atoms with Gasteiger partial charge in [0, 0.05) is 12.1 Å². The van der Waals surface area contributed by atoms with Crippen LogP contribution in [-0.2, 0) is 4.74 Å². The molecule has 1 saturated heterocycles. The van der Waals surface area contributed by atoms with Gasteiger partial charge in [-0.1, -0.05) is 17.3 Å². The number of hydrogen-bond donors (Lipinski definition) is 1. The third-order valence-corrected chi connectivity index (χ3v) is 3.42. The Hall–Kier alpha value is -1.92. The van der Waals surface area contributed by atoms with Crippen molar-refractivity contribution in [2.75, 3.05) is 20.2 Å². The van der Waals surface area contributed by atoms with Crippen LogP contribution in [0.4, 0.5) is 0 Å². The zero-order valence-corrected chi connectivity index (χ0v) is 12.4. The first-order valence-electron chi connectivity index (χ1n) is 6.51. The summed E-state index contributed by atoms with van der Waals surface area (Å²) in [7, 11) is 1.36. The lowest BCUT2D eigenvalue weighted by atomic mass is 10.1. The Balaban J connectivity index is 0.00000161. The Kier molecular flexibility index (Phi) is 4.93. The van der Waals surface area contributed by atoms with Crippen molar-refractivity contribution in [3.63, 3.8) is 0 Å². The first-order chi connectivity index (χ1) is 9.78. The number of carbonyl (C=O) groups excluding carboxylic acids is 1. The second kappa shape index (κ2) is 6.69. The van der Waals surface area contributed by atoms with Gasteiger partial charge in [0.15, 0.2) is 0 Å². The Bertz CT molecular complexity index is 606. The van der Waals surface area contributed by atoms with Gasteiger partial charge in [0.05, 0.1) is 18.6 Å². The molecule has 1 aliphatic rings. The number of nitrogens with one attached hydrogen (secondary N) is 1. The summed E-state index contributed by atoms with van der Waals surface area (Å²) in [6.45, 7) is 1.86. The van der Waals surface area contributed by atoms with Crippen LogP contribution in [0.25, 0.3) is 11.4 Å². The molecular formula is C14H16ClN3O3. The molecule has 0 saturated carbocycles. The van der Waals surface area contributed by atoms with E-state index < -0.39 is 0 Å². The molecular weight excluding hydrogens is 294 g/mol. The van der Waals surface area contributed by atoms with Crippen molar-refractivity contribution in [3.8, 4) is 11.4 Å². The molecule has 112 valence electrons. The Morgan fingerprint density at radius 1 is 1.38 bits per heavy atom. The first kappa shape index (κ1) is 15.5. The summed E-state index contributed by atoms with van der Waals surface area (Å²) in [5, 5.41) is 7.26. The van der Waals surface area contributed by atoms with E-state index in [9.17, 15) is 4.79 Å². The first-order valence-corrected chi connectivity index (χ1v) is 6.51. The number of methoxy groups -OCH3 is 1. The molecule has 3 rings (SSSR count). The van der Waals surface area contributed by atoms with Gasteiger partial charge in [-0.2, -0.15) is 4.98 Å². The number of aromatic nitrogens is 2. The average molecular weight is 310 g/mol. The standard InChI is InChI=1S/C14H15N3O3.ClH/c1-19-14(18)10-4-2-9(3-5-10)12-16-13(20-17-12)11-6-7-15-8-11;/h2-5,11,15H,6-8H2,1H3;1H/t11-;/m1./s1. The molecule has 0 radical (unpaired) electrons. The summed E-state index contributed by atoms with van der Waals surface area (Å²) in [5.74, 6) is 1.15. The molecule has 1 atom stereocenters. The number of halogens is 1. The molecule has 0 spiro atoms. The molecule has 1 aromatic carbocycles. The fraction of sp³-hybridized carbons (Fsp3) is 0.357. The van der Waals surface area contributed by atoms with Crippen LogP contribution >= 0.6 is 12.4 Å². The van der Waals surface area contributed by atoms with E-state index >= 15 is 0 Å². The van der Waals surface area contributed by atoms with E-state index in [-0.39, 0.29) is 18.4 Å². The van der Waals surface area contributed by atoms with E-state index in [1.807, 2.05) is 0 Å². The normalized spacial score (nSPS) is 17.3. The van der Waals surface area contributed by atoms with Gasteiger partial charge in [-0.05, 0) is 25.1 Å². The smallest absolute Gasteiger partial charge is 0.337 e. The highest BCUT2D eigenvalue weighted by Crippen LogP contribution is 2.24. The highest BCUT2D eigenvalue weighted by atomic mass is 35.5. The molecule has 0 aliphatic carbocycles. The van der Waals surface area contributed by atoms with Gasteiger partial charge < -0.3 is 14.6 Å². The van der Waals surface area contributed by atoms with Crippen molar-refractivity contribution in [3.05, 3.63) is 35.7 Å². The molecule has 0 unspecified atom stereocenters. The maximum atomic E-state index is 11.4.